The minimum Gasteiger partial charge on any atom is -0.368 e. The van der Waals surface area contributed by atoms with Crippen LogP contribution in [0.2, 0.25) is 0 Å². The van der Waals surface area contributed by atoms with Crippen molar-refractivity contribution in [2.75, 3.05) is 24.2 Å². The Kier molecular flexibility index (Phi) is 4.40. The van der Waals surface area contributed by atoms with Crippen LogP contribution in [0.25, 0.3) is 0 Å². The molecule has 2 N–H and O–H groups in total. The first-order valence-corrected chi connectivity index (χ1v) is 7.66. The zero-order chi connectivity index (χ0) is 14.0. The van der Waals surface area contributed by atoms with Crippen LogP contribution in [0, 0.1) is 0 Å². The Balaban J connectivity index is 3.04. The summed E-state index contributed by atoms with van der Waals surface area (Å²) in [7, 11) is -1.17. The van der Waals surface area contributed by atoms with Gasteiger partial charge in [0.2, 0.25) is 0 Å². The predicted molar refractivity (Wildman–Crippen MR) is 75.7 cm³/mol. The lowest BCUT2D eigenvalue weighted by Crippen LogP contribution is -2.47. The van der Waals surface area contributed by atoms with Gasteiger partial charge in [0.25, 0.3) is 0 Å². The van der Waals surface area contributed by atoms with Gasteiger partial charge in [-0.1, -0.05) is 6.92 Å². The average Bonchev–Trinajstić information content (AvgIpc) is 2.38. The van der Waals surface area contributed by atoms with Crippen molar-refractivity contribution >= 4 is 15.5 Å². The van der Waals surface area contributed by atoms with Crippen LogP contribution in [-0.4, -0.2) is 33.3 Å². The predicted octanol–water partition coefficient (Wildman–Crippen LogP) is 1.65. The Morgan fingerprint density at radius 3 is 2.11 bits per heavy atom. The van der Waals surface area contributed by atoms with Crippen LogP contribution in [0.15, 0.2) is 29.2 Å². The quantitative estimate of drug-likeness (QED) is 0.883. The van der Waals surface area contributed by atoms with Crippen molar-refractivity contribution in [3.63, 3.8) is 0 Å². The molecule has 0 aliphatic carbocycles. The molecule has 0 amide bonds. The van der Waals surface area contributed by atoms with Gasteiger partial charge in [0.05, 0.1) is 10.6 Å². The number of benzene rings is 1. The normalized spacial score (nSPS) is 12.5. The molecule has 0 aliphatic rings. The maximum Gasteiger partial charge on any atom is 0.178 e. The summed E-state index contributed by atoms with van der Waals surface area (Å²) in [5.74, 6) is 0.122. The minimum absolute atomic E-state index is 0.122. The van der Waals surface area contributed by atoms with Crippen LogP contribution in [0.1, 0.15) is 20.8 Å². The third-order valence-electron chi connectivity index (χ3n) is 3.37. The first kappa shape index (κ1) is 15.0. The molecule has 102 valence electrons. The van der Waals surface area contributed by atoms with E-state index < -0.39 is 9.84 Å². The maximum atomic E-state index is 11.7. The highest BCUT2D eigenvalue weighted by molar-refractivity contribution is 7.91. The highest BCUT2D eigenvalue weighted by Crippen LogP contribution is 2.23. The van der Waals surface area contributed by atoms with E-state index in [1.807, 2.05) is 33.0 Å². The molecule has 0 saturated heterocycles. The van der Waals surface area contributed by atoms with Gasteiger partial charge in [0.15, 0.2) is 9.84 Å². The van der Waals surface area contributed by atoms with Crippen molar-refractivity contribution in [1.29, 1.82) is 0 Å². The summed E-state index contributed by atoms with van der Waals surface area (Å²) in [6, 6.07) is 6.94. The van der Waals surface area contributed by atoms with Crippen LogP contribution in [0.4, 0.5) is 5.69 Å². The Hall–Kier alpha value is -1.07. The summed E-state index contributed by atoms with van der Waals surface area (Å²) in [5, 5.41) is 0. The SMILES string of the molecule is CCS(=O)(=O)c1ccc(N(C)C(C)(C)CN)cc1. The van der Waals surface area contributed by atoms with E-state index in [1.165, 1.54) is 0 Å². The van der Waals surface area contributed by atoms with Crippen molar-refractivity contribution < 1.29 is 8.42 Å². The lowest BCUT2D eigenvalue weighted by Gasteiger charge is -2.36. The van der Waals surface area contributed by atoms with Crippen molar-refractivity contribution in [1.82, 2.24) is 0 Å². The van der Waals surface area contributed by atoms with E-state index in [1.54, 1.807) is 19.1 Å². The number of rotatable bonds is 5. The first-order valence-electron chi connectivity index (χ1n) is 6.01. The molecule has 0 spiro atoms. The molecule has 0 atom stereocenters. The molecule has 4 nitrogen and oxygen atoms in total. The van der Waals surface area contributed by atoms with E-state index in [0.717, 1.165) is 5.69 Å². The number of sulfone groups is 1. The minimum atomic E-state index is -3.12. The van der Waals surface area contributed by atoms with Gasteiger partial charge in [-0.3, -0.25) is 0 Å². The van der Waals surface area contributed by atoms with E-state index in [-0.39, 0.29) is 11.3 Å². The second-order valence-electron chi connectivity index (χ2n) is 4.97. The number of hydrogen-bond acceptors (Lipinski definition) is 4. The zero-order valence-corrected chi connectivity index (χ0v) is 12.3. The van der Waals surface area contributed by atoms with Crippen molar-refractivity contribution in [3.8, 4) is 0 Å². The molecular weight excluding hydrogens is 248 g/mol. The van der Waals surface area contributed by atoms with E-state index in [4.69, 9.17) is 5.73 Å². The van der Waals surface area contributed by atoms with Gasteiger partial charge in [0.1, 0.15) is 0 Å². The highest BCUT2D eigenvalue weighted by Gasteiger charge is 2.22. The fourth-order valence-corrected chi connectivity index (χ4v) is 2.41. The lowest BCUT2D eigenvalue weighted by molar-refractivity contribution is 0.498. The van der Waals surface area contributed by atoms with Crippen molar-refractivity contribution in [2.24, 2.45) is 5.73 Å². The molecule has 1 aromatic rings. The molecule has 0 fully saturated rings. The van der Waals surface area contributed by atoms with E-state index >= 15 is 0 Å². The Morgan fingerprint density at radius 2 is 1.72 bits per heavy atom. The van der Waals surface area contributed by atoms with Gasteiger partial charge in [-0.25, -0.2) is 8.42 Å². The largest absolute Gasteiger partial charge is 0.368 e. The van der Waals surface area contributed by atoms with Crippen LogP contribution >= 0.6 is 0 Å². The number of likely N-dealkylation sites (N-methyl/N-ethyl adjacent to an activating group) is 1. The Bertz CT molecular complexity index is 492. The summed E-state index contributed by atoms with van der Waals surface area (Å²) in [5.41, 5.74) is 6.52. The standard InChI is InChI=1S/C13H22N2O2S/c1-5-18(16,17)12-8-6-11(7-9-12)15(4)13(2,3)10-14/h6-9H,5,10,14H2,1-4H3. The second-order valence-corrected chi connectivity index (χ2v) is 7.25. The maximum absolute atomic E-state index is 11.7. The molecule has 0 saturated carbocycles. The van der Waals surface area contributed by atoms with Crippen molar-refractivity contribution in [2.45, 2.75) is 31.2 Å². The Morgan fingerprint density at radius 1 is 1.22 bits per heavy atom. The van der Waals surface area contributed by atoms with Crippen LogP contribution in [0.5, 0.6) is 0 Å². The summed E-state index contributed by atoms with van der Waals surface area (Å²) in [6.07, 6.45) is 0. The second kappa shape index (κ2) is 5.28. The molecule has 0 heterocycles. The first-order chi connectivity index (χ1) is 8.24. The number of nitrogens with zero attached hydrogens (tertiary/aromatic N) is 1. The van der Waals surface area contributed by atoms with E-state index in [0.29, 0.717) is 11.4 Å². The fourth-order valence-electron chi connectivity index (χ4n) is 1.53. The molecule has 18 heavy (non-hydrogen) atoms. The summed E-state index contributed by atoms with van der Waals surface area (Å²) in [6.45, 7) is 6.26. The topological polar surface area (TPSA) is 63.4 Å². The molecule has 1 rings (SSSR count). The molecule has 0 unspecified atom stereocenters. The number of anilines is 1. The molecule has 0 radical (unpaired) electrons. The summed E-state index contributed by atoms with van der Waals surface area (Å²) < 4.78 is 23.4. The smallest absolute Gasteiger partial charge is 0.178 e. The van der Waals surface area contributed by atoms with Gasteiger partial charge < -0.3 is 10.6 Å². The van der Waals surface area contributed by atoms with E-state index in [9.17, 15) is 8.42 Å². The van der Waals surface area contributed by atoms with E-state index in [2.05, 4.69) is 4.90 Å². The third-order valence-corrected chi connectivity index (χ3v) is 5.12. The van der Waals surface area contributed by atoms with Gasteiger partial charge in [-0.2, -0.15) is 0 Å². The zero-order valence-electron chi connectivity index (χ0n) is 11.5. The Labute approximate surface area is 110 Å². The molecule has 0 aromatic heterocycles. The van der Waals surface area contributed by atoms with Crippen LogP contribution in [0.3, 0.4) is 0 Å². The lowest BCUT2D eigenvalue weighted by atomic mass is 10.0. The fraction of sp³-hybridized carbons (Fsp3) is 0.538. The average molecular weight is 270 g/mol. The van der Waals surface area contributed by atoms with Gasteiger partial charge in [-0.05, 0) is 38.1 Å². The monoisotopic (exact) mass is 270 g/mol. The number of hydrogen-bond donors (Lipinski definition) is 1. The van der Waals surface area contributed by atoms with Crippen LogP contribution in [-0.2, 0) is 9.84 Å². The van der Waals surface area contributed by atoms with Gasteiger partial charge >= 0.3 is 0 Å². The third kappa shape index (κ3) is 3.03. The van der Waals surface area contributed by atoms with Gasteiger partial charge in [-0.15, -0.1) is 0 Å². The van der Waals surface area contributed by atoms with Crippen molar-refractivity contribution in [3.05, 3.63) is 24.3 Å². The summed E-state index contributed by atoms with van der Waals surface area (Å²) >= 11 is 0. The highest BCUT2D eigenvalue weighted by atomic mass is 32.2. The molecule has 1 aromatic carbocycles. The summed E-state index contributed by atoms with van der Waals surface area (Å²) in [4.78, 5) is 2.42. The number of nitrogens with two attached hydrogens (primary N) is 1. The molecule has 0 aliphatic heterocycles. The van der Waals surface area contributed by atoms with Gasteiger partial charge in [0, 0.05) is 24.8 Å². The molecule has 5 heteroatoms. The molecular formula is C13H22N2O2S. The van der Waals surface area contributed by atoms with Crippen LogP contribution < -0.4 is 10.6 Å². The molecule has 0 bridgehead atoms.